The minimum Gasteiger partial charge on any atom is -0.506 e. The van der Waals surface area contributed by atoms with E-state index < -0.39 is 0 Å². The monoisotopic (exact) mass is 356 g/mol. The van der Waals surface area contributed by atoms with Gasteiger partial charge in [-0.3, -0.25) is 4.98 Å². The van der Waals surface area contributed by atoms with Crippen LogP contribution in [0.25, 0.3) is 0 Å². The third-order valence-electron chi connectivity index (χ3n) is 2.57. The molecule has 2 aromatic rings. The fourth-order valence-corrected chi connectivity index (χ4v) is 2.61. The van der Waals surface area contributed by atoms with Crippen molar-refractivity contribution in [2.24, 2.45) is 0 Å². The van der Waals surface area contributed by atoms with E-state index in [1.807, 2.05) is 6.92 Å². The van der Waals surface area contributed by atoms with Crippen LogP contribution in [0, 0.1) is 0 Å². The van der Waals surface area contributed by atoms with Gasteiger partial charge in [0.2, 0.25) is 0 Å². The van der Waals surface area contributed by atoms with Crippen LogP contribution in [0.4, 0.5) is 5.69 Å². The molecule has 0 radical (unpaired) electrons. The molecule has 4 nitrogen and oxygen atoms in total. The number of anilines is 1. The smallest absolute Gasteiger partial charge is 0.156 e. The van der Waals surface area contributed by atoms with Crippen molar-refractivity contribution in [2.45, 2.75) is 13.5 Å². The van der Waals surface area contributed by atoms with E-state index in [-0.39, 0.29) is 5.75 Å². The Morgan fingerprint density at radius 3 is 2.85 bits per heavy atom. The molecule has 1 heterocycles. The maximum Gasteiger partial charge on any atom is 0.156 e. The molecule has 6 heteroatoms. The summed E-state index contributed by atoms with van der Waals surface area (Å²) in [5.74, 6) is 0.866. The molecule has 0 aliphatic carbocycles. The van der Waals surface area contributed by atoms with Crippen LogP contribution in [0.15, 0.2) is 34.9 Å². The van der Waals surface area contributed by atoms with Crippen LogP contribution in [0.5, 0.6) is 11.5 Å². The molecule has 2 rings (SSSR count). The Morgan fingerprint density at radius 1 is 1.40 bits per heavy atom. The fourth-order valence-electron chi connectivity index (χ4n) is 1.69. The number of pyridine rings is 1. The molecule has 0 fully saturated rings. The van der Waals surface area contributed by atoms with Gasteiger partial charge in [-0.1, -0.05) is 11.6 Å². The molecule has 0 unspecified atom stereocenters. The Morgan fingerprint density at radius 2 is 2.20 bits per heavy atom. The molecule has 0 bridgehead atoms. The predicted octanol–water partition coefficient (Wildman–Crippen LogP) is 4.21. The molecule has 106 valence electrons. The average molecular weight is 358 g/mol. The van der Waals surface area contributed by atoms with Gasteiger partial charge in [0.05, 0.1) is 35.2 Å². The zero-order chi connectivity index (χ0) is 14.5. The number of hydrogen-bond acceptors (Lipinski definition) is 4. The van der Waals surface area contributed by atoms with Crippen molar-refractivity contribution in [1.82, 2.24) is 4.98 Å². The minimum absolute atomic E-state index is 0.147. The van der Waals surface area contributed by atoms with Crippen LogP contribution < -0.4 is 10.1 Å². The summed E-state index contributed by atoms with van der Waals surface area (Å²) in [4.78, 5) is 4.12. The van der Waals surface area contributed by atoms with Crippen molar-refractivity contribution < 1.29 is 9.84 Å². The average Bonchev–Trinajstić information content (AvgIpc) is 2.41. The number of nitrogens with zero attached hydrogens (tertiary/aromatic N) is 1. The zero-order valence-electron chi connectivity index (χ0n) is 10.9. The molecular weight excluding hydrogens is 344 g/mol. The Kier molecular flexibility index (Phi) is 5.09. The largest absolute Gasteiger partial charge is 0.506 e. The number of nitrogens with one attached hydrogen (secondary N) is 1. The summed E-state index contributed by atoms with van der Waals surface area (Å²) in [6.07, 6.45) is 1.41. The highest BCUT2D eigenvalue weighted by Gasteiger charge is 2.10. The van der Waals surface area contributed by atoms with Crippen LogP contribution in [0.3, 0.4) is 0 Å². The summed E-state index contributed by atoms with van der Waals surface area (Å²) in [6, 6.07) is 6.94. The molecule has 0 saturated heterocycles. The summed E-state index contributed by atoms with van der Waals surface area (Å²) < 4.78 is 6.40. The van der Waals surface area contributed by atoms with E-state index in [9.17, 15) is 5.11 Å². The quantitative estimate of drug-likeness (QED) is 0.841. The highest BCUT2D eigenvalue weighted by Crippen LogP contribution is 2.36. The van der Waals surface area contributed by atoms with Crippen LogP contribution in [0.1, 0.15) is 12.6 Å². The summed E-state index contributed by atoms with van der Waals surface area (Å²) in [5, 5.41) is 13.0. The highest BCUT2D eigenvalue weighted by molar-refractivity contribution is 9.10. The van der Waals surface area contributed by atoms with Gasteiger partial charge in [-0.15, -0.1) is 0 Å². The topological polar surface area (TPSA) is 54.4 Å². The van der Waals surface area contributed by atoms with Crippen molar-refractivity contribution in [2.75, 3.05) is 11.9 Å². The molecule has 2 N–H and O–H groups in total. The Labute approximate surface area is 130 Å². The zero-order valence-corrected chi connectivity index (χ0v) is 13.2. The molecule has 1 aromatic heterocycles. The van der Waals surface area contributed by atoms with Crippen molar-refractivity contribution in [3.63, 3.8) is 0 Å². The lowest BCUT2D eigenvalue weighted by atomic mass is 10.2. The summed E-state index contributed by atoms with van der Waals surface area (Å²) in [7, 11) is 0. The number of aromatic nitrogens is 1. The van der Waals surface area contributed by atoms with Gasteiger partial charge in [0.25, 0.3) is 0 Å². The Hall–Kier alpha value is -1.46. The lowest BCUT2D eigenvalue weighted by Crippen LogP contribution is -2.04. The lowest BCUT2D eigenvalue weighted by molar-refractivity contribution is 0.339. The second kappa shape index (κ2) is 6.81. The van der Waals surface area contributed by atoms with Gasteiger partial charge >= 0.3 is 0 Å². The molecule has 0 atom stereocenters. The number of halogens is 2. The number of aromatic hydroxyl groups is 1. The van der Waals surface area contributed by atoms with E-state index in [4.69, 9.17) is 16.3 Å². The normalized spacial score (nSPS) is 10.3. The SMILES string of the molecule is CCOc1c(Br)cc(Cl)cc1NCc1ccc(O)cn1. The second-order valence-corrected chi connectivity index (χ2v) is 5.35. The predicted molar refractivity (Wildman–Crippen MR) is 83.5 cm³/mol. The minimum atomic E-state index is 0.147. The van der Waals surface area contributed by atoms with Crippen LogP contribution >= 0.6 is 27.5 Å². The van der Waals surface area contributed by atoms with E-state index in [0.717, 1.165) is 21.6 Å². The van der Waals surface area contributed by atoms with E-state index in [1.165, 1.54) is 6.20 Å². The number of hydrogen-bond donors (Lipinski definition) is 2. The fraction of sp³-hybridized carbons (Fsp3) is 0.214. The first-order valence-corrected chi connectivity index (χ1v) is 7.27. The van der Waals surface area contributed by atoms with E-state index >= 15 is 0 Å². The molecule has 0 saturated carbocycles. The summed E-state index contributed by atoms with van der Waals surface area (Å²) in [6.45, 7) is 2.99. The van der Waals surface area contributed by atoms with Gasteiger partial charge in [-0.25, -0.2) is 0 Å². The van der Waals surface area contributed by atoms with Crippen LogP contribution in [-0.4, -0.2) is 16.7 Å². The Balaban J connectivity index is 2.17. The van der Waals surface area contributed by atoms with Crippen molar-refractivity contribution in [3.8, 4) is 11.5 Å². The van der Waals surface area contributed by atoms with Crippen molar-refractivity contribution in [3.05, 3.63) is 45.7 Å². The molecular formula is C14H14BrClN2O2. The van der Waals surface area contributed by atoms with Crippen LogP contribution in [-0.2, 0) is 6.54 Å². The Bertz CT molecular complexity index is 590. The maximum absolute atomic E-state index is 9.20. The first-order valence-electron chi connectivity index (χ1n) is 6.09. The number of ether oxygens (including phenoxy) is 1. The summed E-state index contributed by atoms with van der Waals surface area (Å²) >= 11 is 9.49. The van der Waals surface area contributed by atoms with Crippen molar-refractivity contribution in [1.29, 1.82) is 0 Å². The van der Waals surface area contributed by atoms with Gasteiger partial charge in [0.15, 0.2) is 5.75 Å². The third-order valence-corrected chi connectivity index (χ3v) is 3.37. The lowest BCUT2D eigenvalue weighted by Gasteiger charge is -2.14. The number of benzene rings is 1. The van der Waals surface area contributed by atoms with Gasteiger partial charge in [0, 0.05) is 5.02 Å². The molecule has 0 aliphatic rings. The van der Waals surface area contributed by atoms with E-state index in [0.29, 0.717) is 18.2 Å². The number of rotatable bonds is 5. The third kappa shape index (κ3) is 3.77. The first-order chi connectivity index (χ1) is 9.60. The second-order valence-electron chi connectivity index (χ2n) is 4.06. The molecule has 0 aliphatic heterocycles. The molecule has 1 aromatic carbocycles. The van der Waals surface area contributed by atoms with E-state index in [1.54, 1.807) is 24.3 Å². The molecule has 20 heavy (non-hydrogen) atoms. The molecule has 0 spiro atoms. The van der Waals surface area contributed by atoms with Crippen molar-refractivity contribution >= 4 is 33.2 Å². The van der Waals surface area contributed by atoms with Gasteiger partial charge in [0.1, 0.15) is 5.75 Å². The highest BCUT2D eigenvalue weighted by atomic mass is 79.9. The molecule has 0 amide bonds. The standard InChI is InChI=1S/C14H14BrClN2O2/c1-2-20-14-12(15)5-9(16)6-13(14)18-7-10-3-4-11(19)8-17-10/h3-6,8,18-19H,2,7H2,1H3. The first kappa shape index (κ1) is 14.9. The van der Waals surface area contributed by atoms with Crippen LogP contribution in [0.2, 0.25) is 5.02 Å². The van der Waals surface area contributed by atoms with E-state index in [2.05, 4.69) is 26.2 Å². The summed E-state index contributed by atoms with van der Waals surface area (Å²) in [5.41, 5.74) is 1.60. The van der Waals surface area contributed by atoms with Gasteiger partial charge in [-0.05, 0) is 47.1 Å². The maximum atomic E-state index is 9.20. The van der Waals surface area contributed by atoms with Gasteiger partial charge in [-0.2, -0.15) is 0 Å². The van der Waals surface area contributed by atoms with Gasteiger partial charge < -0.3 is 15.2 Å².